The molecule has 0 saturated heterocycles. The van der Waals surface area contributed by atoms with E-state index in [4.69, 9.17) is 4.74 Å². The van der Waals surface area contributed by atoms with Gasteiger partial charge in [0.15, 0.2) is 5.13 Å². The molecule has 1 heterocycles. The van der Waals surface area contributed by atoms with Crippen molar-refractivity contribution < 1.29 is 9.53 Å². The fourth-order valence-corrected chi connectivity index (χ4v) is 2.64. The first-order valence-corrected chi connectivity index (χ1v) is 8.08. The molecule has 0 radical (unpaired) electrons. The monoisotopic (exact) mass is 319 g/mol. The number of carbonyl (C=O) groups is 1. The van der Waals surface area contributed by atoms with E-state index in [0.717, 1.165) is 17.0 Å². The van der Waals surface area contributed by atoms with Crippen molar-refractivity contribution in [1.82, 2.24) is 10.3 Å². The largest absolute Gasteiger partial charge is 0.491 e. The van der Waals surface area contributed by atoms with Crippen LogP contribution in [-0.2, 0) is 0 Å². The summed E-state index contributed by atoms with van der Waals surface area (Å²) in [7, 11) is 0. The zero-order chi connectivity index (χ0) is 16.1. The van der Waals surface area contributed by atoms with Gasteiger partial charge in [-0.2, -0.15) is 0 Å². The molecule has 5 nitrogen and oxygen atoms in total. The van der Waals surface area contributed by atoms with Gasteiger partial charge in [0.25, 0.3) is 0 Å². The van der Waals surface area contributed by atoms with E-state index in [1.807, 2.05) is 57.3 Å². The highest BCUT2D eigenvalue weighted by atomic mass is 32.1. The molecule has 22 heavy (non-hydrogen) atoms. The number of nitrogens with one attached hydrogen (secondary N) is 2. The highest BCUT2D eigenvalue weighted by Gasteiger charge is 2.12. The lowest BCUT2D eigenvalue weighted by Gasteiger charge is -2.16. The lowest BCUT2D eigenvalue weighted by atomic mass is 10.1. The highest BCUT2D eigenvalue weighted by molar-refractivity contribution is 7.13. The fraction of sp³-hybridized carbons (Fsp3) is 0.375. The number of nitrogens with zero attached hydrogens (tertiary/aromatic N) is 1. The fourth-order valence-electron chi connectivity index (χ4n) is 1.95. The van der Waals surface area contributed by atoms with Crippen LogP contribution in [0.4, 0.5) is 9.93 Å². The number of aromatic nitrogens is 1. The van der Waals surface area contributed by atoms with Crippen molar-refractivity contribution in [3.8, 4) is 5.75 Å². The summed E-state index contributed by atoms with van der Waals surface area (Å²) in [4.78, 5) is 16.2. The van der Waals surface area contributed by atoms with Gasteiger partial charge in [0.05, 0.1) is 17.8 Å². The molecular formula is C16H21N3O2S. The molecule has 2 amide bonds. The zero-order valence-corrected chi connectivity index (χ0v) is 14.0. The van der Waals surface area contributed by atoms with Crippen LogP contribution in [0.25, 0.3) is 0 Å². The number of anilines is 1. The first kappa shape index (κ1) is 16.3. The highest BCUT2D eigenvalue weighted by Crippen LogP contribution is 2.20. The van der Waals surface area contributed by atoms with Crippen molar-refractivity contribution in [2.75, 3.05) is 5.32 Å². The van der Waals surface area contributed by atoms with E-state index in [2.05, 4.69) is 15.6 Å². The maximum absolute atomic E-state index is 12.0. The quantitative estimate of drug-likeness (QED) is 0.871. The molecule has 6 heteroatoms. The number of hydrogen-bond donors (Lipinski definition) is 2. The molecule has 0 bridgehead atoms. The number of hydrogen-bond acceptors (Lipinski definition) is 4. The van der Waals surface area contributed by atoms with Crippen molar-refractivity contribution in [3.05, 3.63) is 40.9 Å². The Morgan fingerprint density at radius 1 is 1.32 bits per heavy atom. The molecule has 2 N–H and O–H groups in total. The van der Waals surface area contributed by atoms with E-state index < -0.39 is 0 Å². The first-order chi connectivity index (χ1) is 10.4. The molecule has 1 aromatic heterocycles. The topological polar surface area (TPSA) is 63.2 Å². The lowest BCUT2D eigenvalue weighted by molar-refractivity contribution is 0.241. The second kappa shape index (κ2) is 7.26. The van der Waals surface area contributed by atoms with Gasteiger partial charge in [-0.15, -0.1) is 11.3 Å². The smallest absolute Gasteiger partial charge is 0.321 e. The average Bonchev–Trinajstić information content (AvgIpc) is 2.83. The van der Waals surface area contributed by atoms with Crippen molar-refractivity contribution in [2.45, 2.75) is 39.8 Å². The minimum atomic E-state index is -0.267. The third-order valence-electron chi connectivity index (χ3n) is 2.92. The molecule has 0 spiro atoms. The van der Waals surface area contributed by atoms with Gasteiger partial charge in [0.1, 0.15) is 5.75 Å². The van der Waals surface area contributed by atoms with Crippen LogP contribution in [0, 0.1) is 6.92 Å². The van der Waals surface area contributed by atoms with Crippen LogP contribution >= 0.6 is 11.3 Å². The third-order valence-corrected chi connectivity index (χ3v) is 3.79. The minimum Gasteiger partial charge on any atom is -0.491 e. The normalized spacial score (nSPS) is 12.0. The predicted octanol–water partition coefficient (Wildman–Crippen LogP) is 4.12. The standard InChI is InChI=1S/C16H21N3O2S/c1-10(2)21-14-7-5-6-13(8-14)12(4)18-15(20)19-16-17-11(3)9-22-16/h5-10,12H,1-4H3,(H2,17,18,19,20). The molecule has 1 aromatic carbocycles. The van der Waals surface area contributed by atoms with Crippen LogP contribution < -0.4 is 15.4 Å². The van der Waals surface area contributed by atoms with Gasteiger partial charge in [-0.25, -0.2) is 9.78 Å². The number of ether oxygens (including phenoxy) is 1. The van der Waals surface area contributed by atoms with E-state index in [-0.39, 0.29) is 18.2 Å². The molecule has 2 aromatic rings. The van der Waals surface area contributed by atoms with E-state index in [9.17, 15) is 4.79 Å². The predicted molar refractivity (Wildman–Crippen MR) is 89.6 cm³/mol. The Morgan fingerprint density at radius 2 is 2.09 bits per heavy atom. The summed E-state index contributed by atoms with van der Waals surface area (Å²) in [6.45, 7) is 7.79. The molecular weight excluding hydrogens is 298 g/mol. The molecule has 118 valence electrons. The number of rotatable bonds is 5. The number of benzene rings is 1. The molecule has 1 atom stereocenters. The van der Waals surface area contributed by atoms with Crippen molar-refractivity contribution in [3.63, 3.8) is 0 Å². The summed E-state index contributed by atoms with van der Waals surface area (Å²) in [5, 5.41) is 8.12. The maximum Gasteiger partial charge on any atom is 0.321 e. The van der Waals surface area contributed by atoms with Crippen LogP contribution in [-0.4, -0.2) is 17.1 Å². The Hall–Kier alpha value is -2.08. The Bertz CT molecular complexity index is 640. The second-order valence-electron chi connectivity index (χ2n) is 5.35. The van der Waals surface area contributed by atoms with Gasteiger partial charge >= 0.3 is 6.03 Å². The SMILES string of the molecule is Cc1csc(NC(=O)NC(C)c2cccc(OC(C)C)c2)n1. The van der Waals surface area contributed by atoms with Gasteiger partial charge in [-0.1, -0.05) is 12.1 Å². The number of carbonyl (C=O) groups excluding carboxylic acids is 1. The summed E-state index contributed by atoms with van der Waals surface area (Å²) >= 11 is 1.41. The van der Waals surface area contributed by atoms with Gasteiger partial charge < -0.3 is 10.1 Å². The zero-order valence-electron chi connectivity index (χ0n) is 13.2. The van der Waals surface area contributed by atoms with Crippen LogP contribution in [0.3, 0.4) is 0 Å². The van der Waals surface area contributed by atoms with E-state index in [1.165, 1.54) is 11.3 Å². The van der Waals surface area contributed by atoms with E-state index in [0.29, 0.717) is 5.13 Å². The van der Waals surface area contributed by atoms with E-state index >= 15 is 0 Å². The van der Waals surface area contributed by atoms with Crippen LogP contribution in [0.1, 0.15) is 38.1 Å². The Balaban J connectivity index is 1.96. The van der Waals surface area contributed by atoms with Gasteiger partial charge in [-0.05, 0) is 45.4 Å². The summed E-state index contributed by atoms with van der Waals surface area (Å²) in [6, 6.07) is 7.35. The molecule has 0 aliphatic rings. The van der Waals surface area contributed by atoms with Crippen molar-refractivity contribution in [2.24, 2.45) is 0 Å². The van der Waals surface area contributed by atoms with Crippen molar-refractivity contribution in [1.29, 1.82) is 0 Å². The molecule has 0 aliphatic carbocycles. The first-order valence-electron chi connectivity index (χ1n) is 7.20. The summed E-state index contributed by atoms with van der Waals surface area (Å²) in [5.74, 6) is 0.803. The molecule has 0 fully saturated rings. The van der Waals surface area contributed by atoms with Crippen LogP contribution in [0.2, 0.25) is 0 Å². The summed E-state index contributed by atoms with van der Waals surface area (Å²) < 4.78 is 5.67. The summed E-state index contributed by atoms with van der Waals surface area (Å²) in [6.07, 6.45) is 0.120. The number of amides is 2. The molecule has 0 aliphatic heterocycles. The number of thiazole rings is 1. The molecule has 2 rings (SSSR count). The second-order valence-corrected chi connectivity index (χ2v) is 6.21. The number of urea groups is 1. The van der Waals surface area contributed by atoms with E-state index in [1.54, 1.807) is 0 Å². The van der Waals surface area contributed by atoms with Crippen LogP contribution in [0.15, 0.2) is 29.6 Å². The third kappa shape index (κ3) is 4.73. The Kier molecular flexibility index (Phi) is 5.38. The molecule has 0 saturated carbocycles. The summed E-state index contributed by atoms with van der Waals surface area (Å²) in [5.41, 5.74) is 1.88. The minimum absolute atomic E-state index is 0.120. The van der Waals surface area contributed by atoms with Gasteiger partial charge in [0, 0.05) is 5.38 Å². The van der Waals surface area contributed by atoms with Gasteiger partial charge in [0.2, 0.25) is 0 Å². The number of aryl methyl sites for hydroxylation is 1. The Labute approximate surface area is 134 Å². The van der Waals surface area contributed by atoms with Crippen LogP contribution in [0.5, 0.6) is 5.75 Å². The lowest BCUT2D eigenvalue weighted by Crippen LogP contribution is -2.31. The molecule has 1 unspecified atom stereocenters. The maximum atomic E-state index is 12.0. The van der Waals surface area contributed by atoms with Crippen molar-refractivity contribution >= 4 is 22.5 Å². The average molecular weight is 319 g/mol. The van der Waals surface area contributed by atoms with Gasteiger partial charge in [-0.3, -0.25) is 5.32 Å². The Morgan fingerprint density at radius 3 is 2.73 bits per heavy atom.